The molecule has 5 nitrogen and oxygen atoms in total. The van der Waals surface area contributed by atoms with E-state index in [1.807, 2.05) is 6.07 Å². The van der Waals surface area contributed by atoms with Crippen molar-refractivity contribution in [2.24, 2.45) is 5.73 Å². The summed E-state index contributed by atoms with van der Waals surface area (Å²) in [6.45, 7) is 0. The number of carboxylic acids is 1. The monoisotopic (exact) mass is 288 g/mol. The van der Waals surface area contributed by atoms with Crippen LogP contribution < -0.4 is 5.73 Å². The minimum atomic E-state index is -1.01. The molecule has 1 aromatic carbocycles. The third-order valence-electron chi connectivity index (χ3n) is 2.59. The number of hydrogen-bond donors (Lipinski definition) is 2. The van der Waals surface area contributed by atoms with Gasteiger partial charge in [0.1, 0.15) is 5.03 Å². The highest BCUT2D eigenvalue weighted by molar-refractivity contribution is 7.98. The first-order valence-corrected chi connectivity index (χ1v) is 6.76. The van der Waals surface area contributed by atoms with Crippen LogP contribution in [-0.2, 0) is 5.75 Å². The lowest BCUT2D eigenvalue weighted by Crippen LogP contribution is -2.10. The van der Waals surface area contributed by atoms with Crippen LogP contribution in [0.5, 0.6) is 0 Å². The molecule has 102 valence electrons. The molecule has 0 aliphatic carbocycles. The number of thioether (sulfide) groups is 1. The van der Waals surface area contributed by atoms with Crippen molar-refractivity contribution in [1.29, 1.82) is 0 Å². The van der Waals surface area contributed by atoms with Crippen LogP contribution in [0.1, 0.15) is 26.3 Å². The van der Waals surface area contributed by atoms with Crippen LogP contribution in [0.3, 0.4) is 0 Å². The quantitative estimate of drug-likeness (QED) is 0.822. The Morgan fingerprint density at radius 3 is 2.75 bits per heavy atom. The molecule has 20 heavy (non-hydrogen) atoms. The van der Waals surface area contributed by atoms with Gasteiger partial charge in [-0.1, -0.05) is 12.1 Å². The summed E-state index contributed by atoms with van der Waals surface area (Å²) in [7, 11) is 0. The largest absolute Gasteiger partial charge is 0.478 e. The molecule has 2 aromatic rings. The molecule has 3 N–H and O–H groups in total. The van der Waals surface area contributed by atoms with E-state index in [-0.39, 0.29) is 5.56 Å². The number of nitrogens with zero attached hydrogens (tertiary/aromatic N) is 1. The van der Waals surface area contributed by atoms with Gasteiger partial charge in [0.05, 0.1) is 5.56 Å². The number of carbonyl (C=O) groups excluding carboxylic acids is 1. The maximum atomic E-state index is 11.1. The fourth-order valence-electron chi connectivity index (χ4n) is 1.63. The summed E-state index contributed by atoms with van der Waals surface area (Å²) in [5, 5.41) is 9.51. The molecule has 0 saturated carbocycles. The van der Waals surface area contributed by atoms with Gasteiger partial charge in [-0.25, -0.2) is 9.78 Å². The Balaban J connectivity index is 2.15. The lowest BCUT2D eigenvalue weighted by Gasteiger charge is -2.05. The van der Waals surface area contributed by atoms with Crippen molar-refractivity contribution in [3.8, 4) is 0 Å². The van der Waals surface area contributed by atoms with Crippen LogP contribution >= 0.6 is 11.8 Å². The molecule has 0 spiro atoms. The van der Waals surface area contributed by atoms with Crippen molar-refractivity contribution >= 4 is 23.6 Å². The predicted molar refractivity (Wildman–Crippen MR) is 75.7 cm³/mol. The summed E-state index contributed by atoms with van der Waals surface area (Å²) < 4.78 is 0. The van der Waals surface area contributed by atoms with E-state index in [4.69, 9.17) is 10.8 Å². The number of amides is 1. The van der Waals surface area contributed by atoms with Gasteiger partial charge in [0, 0.05) is 17.5 Å². The Morgan fingerprint density at radius 1 is 1.25 bits per heavy atom. The van der Waals surface area contributed by atoms with Crippen LogP contribution in [0.25, 0.3) is 0 Å². The average molecular weight is 288 g/mol. The number of carboxylic acid groups (broad SMARTS) is 1. The van der Waals surface area contributed by atoms with Gasteiger partial charge >= 0.3 is 5.97 Å². The zero-order chi connectivity index (χ0) is 14.5. The molecular weight excluding hydrogens is 276 g/mol. The standard InChI is InChI=1S/C14H12N2O3S/c15-12(17)10-4-1-3-9(7-10)8-20-13-11(14(18)19)5-2-6-16-13/h1-7H,8H2,(H2,15,17)(H,18,19). The molecule has 0 atom stereocenters. The van der Waals surface area contributed by atoms with Crippen LogP contribution in [0.2, 0.25) is 0 Å². The zero-order valence-corrected chi connectivity index (χ0v) is 11.3. The molecule has 0 unspecified atom stereocenters. The smallest absolute Gasteiger partial charge is 0.338 e. The highest BCUT2D eigenvalue weighted by Gasteiger charge is 2.11. The Morgan fingerprint density at radius 2 is 2.05 bits per heavy atom. The number of primary amides is 1. The molecule has 0 saturated heterocycles. The number of rotatable bonds is 5. The van der Waals surface area contributed by atoms with Crippen LogP contribution in [0.15, 0.2) is 47.6 Å². The van der Waals surface area contributed by atoms with Gasteiger partial charge in [0.2, 0.25) is 5.91 Å². The molecule has 0 fully saturated rings. The molecule has 0 bridgehead atoms. The van der Waals surface area contributed by atoms with E-state index < -0.39 is 11.9 Å². The maximum Gasteiger partial charge on any atom is 0.338 e. The van der Waals surface area contributed by atoms with E-state index in [1.165, 1.54) is 17.8 Å². The van der Waals surface area contributed by atoms with Gasteiger partial charge in [0.15, 0.2) is 0 Å². The van der Waals surface area contributed by atoms with E-state index in [0.29, 0.717) is 16.3 Å². The number of benzene rings is 1. The molecule has 1 heterocycles. The molecular formula is C14H12N2O3S. The maximum absolute atomic E-state index is 11.1. The fraction of sp³-hybridized carbons (Fsp3) is 0.0714. The number of carbonyl (C=O) groups is 2. The highest BCUT2D eigenvalue weighted by atomic mass is 32.2. The van der Waals surface area contributed by atoms with Crippen LogP contribution in [0.4, 0.5) is 0 Å². The number of nitrogens with two attached hydrogens (primary N) is 1. The van der Waals surface area contributed by atoms with Crippen molar-refractivity contribution in [1.82, 2.24) is 4.98 Å². The highest BCUT2D eigenvalue weighted by Crippen LogP contribution is 2.24. The van der Waals surface area contributed by atoms with E-state index in [0.717, 1.165) is 5.56 Å². The third kappa shape index (κ3) is 3.36. The van der Waals surface area contributed by atoms with Gasteiger partial charge in [-0.05, 0) is 29.8 Å². The first-order valence-electron chi connectivity index (χ1n) is 5.78. The second-order valence-electron chi connectivity index (χ2n) is 4.01. The predicted octanol–water partition coefficient (Wildman–Crippen LogP) is 2.17. The Labute approximate surface area is 119 Å². The van der Waals surface area contributed by atoms with Gasteiger partial charge in [0.25, 0.3) is 0 Å². The van der Waals surface area contributed by atoms with Gasteiger partial charge in [-0.15, -0.1) is 11.8 Å². The molecule has 1 amide bonds. The Hall–Kier alpha value is -2.34. The minimum Gasteiger partial charge on any atom is -0.478 e. The molecule has 2 rings (SSSR count). The Bertz CT molecular complexity index is 658. The van der Waals surface area contributed by atoms with Gasteiger partial charge in [-0.3, -0.25) is 4.79 Å². The number of aromatic nitrogens is 1. The first kappa shape index (κ1) is 14.1. The summed E-state index contributed by atoms with van der Waals surface area (Å²) >= 11 is 1.30. The lowest BCUT2D eigenvalue weighted by molar-refractivity contribution is 0.0692. The van der Waals surface area contributed by atoms with Gasteiger partial charge in [-0.2, -0.15) is 0 Å². The van der Waals surface area contributed by atoms with E-state index >= 15 is 0 Å². The van der Waals surface area contributed by atoms with Crippen molar-refractivity contribution in [2.45, 2.75) is 10.8 Å². The van der Waals surface area contributed by atoms with Crippen LogP contribution in [-0.4, -0.2) is 22.0 Å². The summed E-state index contributed by atoms with van der Waals surface area (Å²) in [5.74, 6) is -0.981. The summed E-state index contributed by atoms with van der Waals surface area (Å²) in [5.41, 5.74) is 6.70. The zero-order valence-electron chi connectivity index (χ0n) is 10.4. The van der Waals surface area contributed by atoms with Crippen molar-refractivity contribution in [3.05, 3.63) is 59.3 Å². The third-order valence-corrected chi connectivity index (χ3v) is 3.67. The fourth-order valence-corrected chi connectivity index (χ4v) is 2.56. The SMILES string of the molecule is NC(=O)c1cccc(CSc2ncccc2C(=O)O)c1. The first-order chi connectivity index (χ1) is 9.58. The van der Waals surface area contributed by atoms with Crippen molar-refractivity contribution in [3.63, 3.8) is 0 Å². The Kier molecular flexibility index (Phi) is 4.37. The summed E-state index contributed by atoms with van der Waals surface area (Å²) in [4.78, 5) is 26.2. The van der Waals surface area contributed by atoms with Gasteiger partial charge < -0.3 is 10.8 Å². The molecule has 0 aliphatic heterocycles. The summed E-state index contributed by atoms with van der Waals surface area (Å²) in [6, 6.07) is 10.0. The summed E-state index contributed by atoms with van der Waals surface area (Å²) in [6.07, 6.45) is 1.55. The van der Waals surface area contributed by atoms with Crippen molar-refractivity contribution < 1.29 is 14.7 Å². The lowest BCUT2D eigenvalue weighted by atomic mass is 10.1. The number of pyridine rings is 1. The average Bonchev–Trinajstić information content (AvgIpc) is 2.45. The van der Waals surface area contributed by atoms with E-state index in [2.05, 4.69) is 4.98 Å². The van der Waals surface area contributed by atoms with E-state index in [1.54, 1.807) is 30.5 Å². The molecule has 6 heteroatoms. The molecule has 0 radical (unpaired) electrons. The van der Waals surface area contributed by atoms with E-state index in [9.17, 15) is 9.59 Å². The van der Waals surface area contributed by atoms with Crippen LogP contribution in [0, 0.1) is 0 Å². The normalized spacial score (nSPS) is 10.2. The number of aromatic carboxylic acids is 1. The molecule has 1 aromatic heterocycles. The molecule has 0 aliphatic rings. The second kappa shape index (κ2) is 6.21. The topological polar surface area (TPSA) is 93.3 Å². The second-order valence-corrected chi connectivity index (χ2v) is 4.98. The minimum absolute atomic E-state index is 0.170. The van der Waals surface area contributed by atoms with Crippen molar-refractivity contribution in [2.75, 3.05) is 0 Å². The number of hydrogen-bond acceptors (Lipinski definition) is 4.